The van der Waals surface area contributed by atoms with Gasteiger partial charge in [0.1, 0.15) is 5.75 Å². The molecule has 3 aromatic rings. The van der Waals surface area contributed by atoms with E-state index >= 15 is 0 Å². The molecular weight excluding hydrogens is 424 g/mol. The molecule has 33 heavy (non-hydrogen) atoms. The van der Waals surface area contributed by atoms with Gasteiger partial charge in [0, 0.05) is 5.56 Å². The highest BCUT2D eigenvalue weighted by Gasteiger charge is 2.19. The van der Waals surface area contributed by atoms with Crippen LogP contribution in [0.5, 0.6) is 5.75 Å². The smallest absolute Gasteiger partial charge is 0.340 e. The Labute approximate surface area is 190 Å². The molecular formula is C25H22N2O6. The average molecular weight is 446 g/mol. The molecule has 0 aliphatic heterocycles. The molecule has 0 radical (unpaired) electrons. The largest absolute Gasteiger partial charge is 0.496 e. The van der Waals surface area contributed by atoms with Crippen molar-refractivity contribution in [1.82, 2.24) is 5.32 Å². The molecule has 0 saturated carbocycles. The molecule has 3 aromatic carbocycles. The van der Waals surface area contributed by atoms with E-state index in [4.69, 9.17) is 9.47 Å². The number of methoxy groups -OCH3 is 1. The normalized spacial score (nSPS) is 10.1. The van der Waals surface area contributed by atoms with Crippen LogP contribution in [0, 0.1) is 6.92 Å². The molecule has 8 heteroatoms. The van der Waals surface area contributed by atoms with E-state index in [1.54, 1.807) is 54.6 Å². The molecule has 8 nitrogen and oxygen atoms in total. The number of benzene rings is 3. The van der Waals surface area contributed by atoms with Crippen molar-refractivity contribution in [1.29, 1.82) is 0 Å². The first-order valence-corrected chi connectivity index (χ1v) is 10.0. The number of anilines is 1. The molecule has 0 aromatic heterocycles. The molecule has 0 unspecified atom stereocenters. The minimum atomic E-state index is -0.824. The minimum Gasteiger partial charge on any atom is -0.496 e. The zero-order valence-electron chi connectivity index (χ0n) is 18.1. The van der Waals surface area contributed by atoms with Crippen LogP contribution in [0.3, 0.4) is 0 Å². The number of ether oxygens (including phenoxy) is 2. The number of carbonyl (C=O) groups is 4. The summed E-state index contributed by atoms with van der Waals surface area (Å²) in [6, 6.07) is 19.7. The maximum absolute atomic E-state index is 12.5. The van der Waals surface area contributed by atoms with E-state index < -0.39 is 24.4 Å². The fourth-order valence-corrected chi connectivity index (χ4v) is 3.02. The number of aryl methyl sites for hydroxylation is 1. The molecule has 168 valence electrons. The van der Waals surface area contributed by atoms with Crippen LogP contribution < -0.4 is 15.4 Å². The number of para-hydroxylation sites is 2. The number of carbonyl (C=O) groups excluding carboxylic acids is 4. The molecule has 3 amide bonds. The number of hydrogen-bond acceptors (Lipinski definition) is 6. The van der Waals surface area contributed by atoms with Crippen LogP contribution in [0.2, 0.25) is 0 Å². The van der Waals surface area contributed by atoms with E-state index in [-0.39, 0.29) is 22.7 Å². The van der Waals surface area contributed by atoms with Crippen LogP contribution >= 0.6 is 0 Å². The molecule has 0 saturated heterocycles. The second-order valence-corrected chi connectivity index (χ2v) is 7.02. The van der Waals surface area contributed by atoms with Gasteiger partial charge in [-0.05, 0) is 43.3 Å². The Bertz CT molecular complexity index is 1200. The molecule has 0 aliphatic rings. The maximum Gasteiger partial charge on any atom is 0.340 e. The van der Waals surface area contributed by atoms with Gasteiger partial charge < -0.3 is 14.8 Å². The van der Waals surface area contributed by atoms with Gasteiger partial charge in [0.15, 0.2) is 6.61 Å². The SMILES string of the molecule is COc1ccccc1C(=O)NC(=O)COC(=O)c1ccccc1NC(=O)c1cccc(C)c1. The Morgan fingerprint density at radius 1 is 0.818 bits per heavy atom. The van der Waals surface area contributed by atoms with Crippen molar-refractivity contribution in [3.63, 3.8) is 0 Å². The third kappa shape index (κ3) is 6.04. The van der Waals surface area contributed by atoms with Crippen molar-refractivity contribution in [2.45, 2.75) is 6.92 Å². The summed E-state index contributed by atoms with van der Waals surface area (Å²) in [6.07, 6.45) is 0. The summed E-state index contributed by atoms with van der Waals surface area (Å²) >= 11 is 0. The summed E-state index contributed by atoms with van der Waals surface area (Å²) in [4.78, 5) is 49.5. The van der Waals surface area contributed by atoms with Crippen LogP contribution in [0.15, 0.2) is 72.8 Å². The lowest BCUT2D eigenvalue weighted by Crippen LogP contribution is -2.34. The Morgan fingerprint density at radius 3 is 2.24 bits per heavy atom. The summed E-state index contributed by atoms with van der Waals surface area (Å²) in [5, 5.41) is 4.83. The predicted octanol–water partition coefficient (Wildman–Crippen LogP) is 3.37. The maximum atomic E-state index is 12.5. The van der Waals surface area contributed by atoms with Gasteiger partial charge in [-0.1, -0.05) is 42.0 Å². The Morgan fingerprint density at radius 2 is 1.52 bits per heavy atom. The van der Waals surface area contributed by atoms with Crippen molar-refractivity contribution in [2.75, 3.05) is 19.0 Å². The van der Waals surface area contributed by atoms with E-state index in [1.165, 1.54) is 19.2 Å². The summed E-state index contributed by atoms with van der Waals surface area (Å²) in [5.74, 6) is -2.40. The predicted molar refractivity (Wildman–Crippen MR) is 121 cm³/mol. The zero-order chi connectivity index (χ0) is 23.8. The molecule has 3 rings (SSSR count). The Kier molecular flexibility index (Phi) is 7.54. The third-order valence-electron chi connectivity index (χ3n) is 4.61. The van der Waals surface area contributed by atoms with Crippen LogP contribution in [0.25, 0.3) is 0 Å². The van der Waals surface area contributed by atoms with Gasteiger partial charge in [-0.25, -0.2) is 4.79 Å². The first-order chi connectivity index (χ1) is 15.9. The molecule has 0 heterocycles. The monoisotopic (exact) mass is 446 g/mol. The summed E-state index contributed by atoms with van der Waals surface area (Å²) in [7, 11) is 1.41. The van der Waals surface area contributed by atoms with Crippen molar-refractivity contribution in [3.8, 4) is 5.75 Å². The first-order valence-electron chi connectivity index (χ1n) is 10.0. The summed E-state index contributed by atoms with van der Waals surface area (Å²) < 4.78 is 10.1. The van der Waals surface area contributed by atoms with Gasteiger partial charge in [0.05, 0.1) is 23.9 Å². The molecule has 2 N–H and O–H groups in total. The number of nitrogens with one attached hydrogen (secondary N) is 2. The van der Waals surface area contributed by atoms with Crippen LogP contribution in [0.1, 0.15) is 36.6 Å². The quantitative estimate of drug-likeness (QED) is 0.539. The van der Waals surface area contributed by atoms with Gasteiger partial charge >= 0.3 is 5.97 Å². The second-order valence-electron chi connectivity index (χ2n) is 7.02. The van der Waals surface area contributed by atoms with Crippen LogP contribution in [-0.4, -0.2) is 37.4 Å². The highest BCUT2D eigenvalue weighted by molar-refractivity contribution is 6.09. The lowest BCUT2D eigenvalue weighted by Gasteiger charge is -2.12. The molecule has 0 aliphatic carbocycles. The van der Waals surface area contributed by atoms with E-state index in [1.807, 2.05) is 13.0 Å². The minimum absolute atomic E-state index is 0.0716. The summed E-state index contributed by atoms with van der Waals surface area (Å²) in [5.41, 5.74) is 1.84. The zero-order valence-corrected chi connectivity index (χ0v) is 18.1. The van der Waals surface area contributed by atoms with Gasteiger partial charge in [0.2, 0.25) is 0 Å². The second kappa shape index (κ2) is 10.7. The highest BCUT2D eigenvalue weighted by Crippen LogP contribution is 2.19. The van der Waals surface area contributed by atoms with Gasteiger partial charge in [-0.15, -0.1) is 0 Å². The van der Waals surface area contributed by atoms with Crippen molar-refractivity contribution < 1.29 is 28.7 Å². The Balaban J connectivity index is 1.62. The van der Waals surface area contributed by atoms with Crippen molar-refractivity contribution >= 4 is 29.4 Å². The van der Waals surface area contributed by atoms with Crippen LogP contribution in [0.4, 0.5) is 5.69 Å². The van der Waals surface area contributed by atoms with Crippen LogP contribution in [-0.2, 0) is 9.53 Å². The van der Waals surface area contributed by atoms with Gasteiger partial charge in [-0.3, -0.25) is 19.7 Å². The highest BCUT2D eigenvalue weighted by atomic mass is 16.5. The molecule has 0 atom stereocenters. The van der Waals surface area contributed by atoms with E-state index in [9.17, 15) is 19.2 Å². The number of amides is 3. The third-order valence-corrected chi connectivity index (χ3v) is 4.61. The van der Waals surface area contributed by atoms with E-state index in [2.05, 4.69) is 10.6 Å². The lowest BCUT2D eigenvalue weighted by atomic mass is 10.1. The number of esters is 1. The molecule has 0 spiro atoms. The summed E-state index contributed by atoms with van der Waals surface area (Å²) in [6.45, 7) is 1.19. The number of rotatable bonds is 7. The number of hydrogen-bond donors (Lipinski definition) is 2. The fraction of sp³-hybridized carbons (Fsp3) is 0.120. The van der Waals surface area contributed by atoms with Crippen molar-refractivity contribution in [3.05, 3.63) is 95.1 Å². The van der Waals surface area contributed by atoms with Gasteiger partial charge in [0.25, 0.3) is 17.7 Å². The van der Waals surface area contributed by atoms with E-state index in [0.29, 0.717) is 11.3 Å². The van der Waals surface area contributed by atoms with E-state index in [0.717, 1.165) is 5.56 Å². The average Bonchev–Trinajstić information content (AvgIpc) is 2.82. The number of imide groups is 1. The topological polar surface area (TPSA) is 111 Å². The fourth-order valence-electron chi connectivity index (χ4n) is 3.02. The Hall–Kier alpha value is -4.46. The van der Waals surface area contributed by atoms with Gasteiger partial charge in [-0.2, -0.15) is 0 Å². The molecule has 0 fully saturated rings. The standard InChI is InChI=1S/C25H22N2O6/c1-16-8-7-9-17(14-16)23(29)26-20-12-5-3-10-18(20)25(31)33-15-22(28)27-24(30)19-11-4-6-13-21(19)32-2/h3-14H,15H2,1-2H3,(H,26,29)(H,27,28,30). The first kappa shape index (κ1) is 23.2. The lowest BCUT2D eigenvalue weighted by molar-refractivity contribution is -0.123. The molecule has 0 bridgehead atoms. The van der Waals surface area contributed by atoms with Crippen molar-refractivity contribution in [2.24, 2.45) is 0 Å².